The van der Waals surface area contributed by atoms with E-state index in [-0.39, 0.29) is 25.2 Å². The third-order valence-electron chi connectivity index (χ3n) is 26.5. The van der Waals surface area contributed by atoms with Gasteiger partial charge in [0.05, 0.1) is 16.2 Å². The summed E-state index contributed by atoms with van der Waals surface area (Å²) in [5, 5.41) is 0. The first-order valence-electron chi connectivity index (χ1n) is 37.2. The Balaban J connectivity index is 0.000000507. The molecule has 0 spiro atoms. The van der Waals surface area contributed by atoms with Crippen molar-refractivity contribution in [3.63, 3.8) is 0 Å². The van der Waals surface area contributed by atoms with Crippen molar-refractivity contribution in [3.8, 4) is 0 Å². The molecule has 5 unspecified atom stereocenters. The van der Waals surface area contributed by atoms with Crippen LogP contribution < -0.4 is 0 Å². The van der Waals surface area contributed by atoms with E-state index in [1.165, 1.54) is 155 Å². The van der Waals surface area contributed by atoms with Crippen LogP contribution in [-0.4, -0.2) is 24.7 Å². The summed E-state index contributed by atoms with van der Waals surface area (Å²) in [5.41, 5.74) is -2.82. The number of alkyl halides is 10. The normalized spacial score (nSPS) is 36.6. The van der Waals surface area contributed by atoms with Crippen LogP contribution in [0.2, 0.25) is 0 Å². The van der Waals surface area contributed by atoms with Gasteiger partial charge in [0.1, 0.15) is 6.17 Å². The molecule has 0 aromatic carbocycles. The molecule has 0 N–H and O–H groups in total. The molecule has 7 atom stereocenters. The first-order chi connectivity index (χ1) is 40.3. The summed E-state index contributed by atoms with van der Waals surface area (Å²) in [5.74, 6) is 6.77. The Bertz CT molecular complexity index is 1790. The van der Waals surface area contributed by atoms with E-state index >= 15 is 0 Å². The Kier molecular flexibility index (Phi) is 35.5. The van der Waals surface area contributed by atoms with Crippen LogP contribution in [0.3, 0.4) is 0 Å². The van der Waals surface area contributed by atoms with Crippen LogP contribution >= 0.6 is 0 Å². The van der Waals surface area contributed by atoms with Crippen molar-refractivity contribution in [1.29, 1.82) is 0 Å². The molecule has 0 amide bonds. The van der Waals surface area contributed by atoms with Crippen LogP contribution in [0.1, 0.15) is 372 Å². The van der Waals surface area contributed by atoms with Crippen LogP contribution in [0.15, 0.2) is 0 Å². The number of rotatable bonds is 0. The number of halogens is 10. The molecule has 0 saturated heterocycles. The molecule has 0 heterocycles. The molecule has 9 rings (SSSR count). The second-order valence-corrected chi connectivity index (χ2v) is 36.5. The van der Waals surface area contributed by atoms with E-state index in [9.17, 15) is 43.9 Å². The van der Waals surface area contributed by atoms with Crippen molar-refractivity contribution < 1.29 is 43.9 Å². The number of hydrogen-bond acceptors (Lipinski definition) is 0. The topological polar surface area (TPSA) is 0 Å². The molecule has 0 radical (unpaired) electrons. The van der Waals surface area contributed by atoms with Gasteiger partial charge in [0, 0.05) is 0 Å². The van der Waals surface area contributed by atoms with Crippen molar-refractivity contribution >= 4 is 0 Å². The Labute approximate surface area is 546 Å². The van der Waals surface area contributed by atoms with Gasteiger partial charge in [0.15, 0.2) is 0 Å². The van der Waals surface area contributed by atoms with Crippen molar-refractivity contribution in [2.75, 3.05) is 0 Å². The third kappa shape index (κ3) is 28.9. The van der Waals surface area contributed by atoms with Gasteiger partial charge >= 0.3 is 18.5 Å². The molecule has 0 nitrogen and oxygen atoms in total. The average molecular weight is 1290 g/mol. The molecule has 89 heavy (non-hydrogen) atoms. The van der Waals surface area contributed by atoms with Crippen molar-refractivity contribution in [3.05, 3.63) is 0 Å². The molecule has 0 aromatic heterocycles. The lowest BCUT2D eigenvalue weighted by Crippen LogP contribution is -2.55. The molecular weight excluding hydrogens is 1140 g/mol. The maximum Gasteiger partial charge on any atom is 0.394 e. The molecule has 9 aliphatic rings. The predicted molar refractivity (Wildman–Crippen MR) is 365 cm³/mol. The first kappa shape index (κ1) is 86.3. The molecule has 9 saturated carbocycles. The van der Waals surface area contributed by atoms with Crippen LogP contribution in [0.4, 0.5) is 43.9 Å². The Morgan fingerprint density at radius 3 is 0.854 bits per heavy atom. The monoisotopic (exact) mass is 1290 g/mol. The van der Waals surface area contributed by atoms with Crippen molar-refractivity contribution in [2.45, 2.75) is 396 Å². The Morgan fingerprint density at radius 2 is 0.596 bits per heavy atom. The van der Waals surface area contributed by atoms with E-state index in [4.69, 9.17) is 0 Å². The van der Waals surface area contributed by atoms with Gasteiger partial charge in [-0.2, -0.15) is 39.5 Å². The molecule has 534 valence electrons. The second kappa shape index (κ2) is 36.6. The third-order valence-corrected chi connectivity index (χ3v) is 26.5. The fourth-order valence-corrected chi connectivity index (χ4v) is 16.0. The van der Waals surface area contributed by atoms with Gasteiger partial charge in [-0.15, -0.1) is 0 Å². The lowest BCUT2D eigenvalue weighted by Gasteiger charge is -2.51. The minimum Gasteiger partial charge on any atom is -0.247 e. The van der Waals surface area contributed by atoms with Crippen molar-refractivity contribution in [2.24, 2.45) is 108 Å². The van der Waals surface area contributed by atoms with Gasteiger partial charge < -0.3 is 0 Å². The van der Waals surface area contributed by atoms with Gasteiger partial charge in [-0.3, -0.25) is 0 Å². The zero-order valence-electron chi connectivity index (χ0n) is 62.8. The Morgan fingerprint density at radius 1 is 0.270 bits per heavy atom. The van der Waals surface area contributed by atoms with Crippen LogP contribution in [0.25, 0.3) is 0 Å². The van der Waals surface area contributed by atoms with E-state index in [1.54, 1.807) is 6.92 Å². The summed E-state index contributed by atoms with van der Waals surface area (Å²) in [4.78, 5) is 0. The highest BCUT2D eigenvalue weighted by atomic mass is 19.4. The lowest BCUT2D eigenvalue weighted by molar-refractivity contribution is -0.309. The standard InChI is InChI=1S/C11H16F6.C11H22.C9H15F3.3C9H18.2C8H16.C5H9F/c1-7-8(2,10(12,13)14)5-4-6-9(7,3)11(15,16)17;1-9-10(2,3)7-6-8-11(9,4)5;1-7-5-3-4-6-8(7,2)9(10,11)12;1-8-4-6-9(2,3)7-5-8;1-8-6-4-5-7-9(8,2)3;1-7-5-4-6-8(2)9(7)3;1-7-3-5-8(2)6-4-7;1-8(2)6-4-3-5-7-8;1-4-2-5(6)3-4/h7H,4-6H2,1-3H3;9H,6-8H2,1-5H3;7H,3-6H2,1-2H3;2*8H,4-7H2,1-3H3;7-9H,4-6H2,1-3H3;7-8H,3-6H2,1-2H3;3-7H2,1-2H3;4-5H,2-3H2,1H3/t;;7-,8?;;8-;;;;/m..1.1..../s1. The summed E-state index contributed by atoms with van der Waals surface area (Å²) >= 11 is 0. The molecule has 10 heteroatoms. The summed E-state index contributed by atoms with van der Waals surface area (Å²) in [7, 11) is 0. The SMILES string of the molecule is CC1(C)CCCCC1.CC1C(C)(C(F)(F)F)CCCC1(C)C(F)(F)F.CC1C(C)(C)CCCC1(C)C.CC1CC(F)C1.CC1CCC(C)(C)CC1.CC1CCC(C)CC1.CC1CCCC(C)C1C.C[C@@H]1CCCCC1(C)C.C[C@@H]1CCCCC1(C)C(F)(F)F. The van der Waals surface area contributed by atoms with Gasteiger partial charge in [-0.1, -0.05) is 288 Å². The minimum atomic E-state index is -4.60. The molecule has 0 aromatic rings. The van der Waals surface area contributed by atoms with Gasteiger partial charge in [-0.05, 0) is 176 Å². The highest BCUT2D eigenvalue weighted by Gasteiger charge is 2.67. The van der Waals surface area contributed by atoms with E-state index in [0.717, 1.165) is 100 Å². The number of hydrogen-bond donors (Lipinski definition) is 0. The smallest absolute Gasteiger partial charge is 0.247 e. The van der Waals surface area contributed by atoms with Gasteiger partial charge in [-0.25, -0.2) is 4.39 Å². The van der Waals surface area contributed by atoms with E-state index in [2.05, 4.69) is 132 Å². The highest BCUT2D eigenvalue weighted by Crippen LogP contribution is 2.63. The van der Waals surface area contributed by atoms with E-state index in [1.807, 2.05) is 0 Å². The maximum atomic E-state index is 12.9. The van der Waals surface area contributed by atoms with Crippen LogP contribution in [-0.2, 0) is 0 Å². The summed E-state index contributed by atoms with van der Waals surface area (Å²) in [6.07, 6.45) is 23.6. The lowest BCUT2D eigenvalue weighted by atomic mass is 9.55. The first-order valence-corrected chi connectivity index (χ1v) is 37.2. The fourth-order valence-electron chi connectivity index (χ4n) is 16.0. The summed E-state index contributed by atoms with van der Waals surface area (Å²) < 4.78 is 127. The van der Waals surface area contributed by atoms with Gasteiger partial charge in [0.25, 0.3) is 0 Å². The van der Waals surface area contributed by atoms with E-state index < -0.39 is 46.9 Å². The zero-order chi connectivity index (χ0) is 69.1. The Hall–Kier alpha value is -0.700. The molecule has 0 bridgehead atoms. The molecule has 9 aliphatic carbocycles. The van der Waals surface area contributed by atoms with E-state index in [0.29, 0.717) is 39.4 Å². The second-order valence-electron chi connectivity index (χ2n) is 36.5. The quantitative estimate of drug-likeness (QED) is 0.212. The summed E-state index contributed by atoms with van der Waals surface area (Å²) in [6, 6.07) is 0. The van der Waals surface area contributed by atoms with Gasteiger partial charge in [0.2, 0.25) is 0 Å². The average Bonchev–Trinajstić information content (AvgIpc) is 1.23. The van der Waals surface area contributed by atoms with Crippen LogP contribution in [0, 0.1) is 108 Å². The maximum absolute atomic E-state index is 12.9. The molecule has 9 fully saturated rings. The minimum absolute atomic E-state index is 0.0453. The molecule has 0 aliphatic heterocycles. The van der Waals surface area contributed by atoms with Crippen molar-refractivity contribution in [1.82, 2.24) is 0 Å². The highest BCUT2D eigenvalue weighted by molar-refractivity contribution is 5.02. The summed E-state index contributed by atoms with van der Waals surface area (Å²) in [6.45, 7) is 51.1. The fraction of sp³-hybridized carbons (Fsp3) is 1.00. The van der Waals surface area contributed by atoms with Crippen LogP contribution in [0.5, 0.6) is 0 Å². The largest absolute Gasteiger partial charge is 0.394 e. The zero-order valence-corrected chi connectivity index (χ0v) is 62.8. The predicted octanol–water partition coefficient (Wildman–Crippen LogP) is 29.7. The molecular formula is C79H148F10.